The van der Waals surface area contributed by atoms with E-state index in [1.54, 1.807) is 36.3 Å². The molecule has 0 bridgehead atoms. The maximum Gasteiger partial charge on any atom is 0.243 e. The largest absolute Gasteiger partial charge is 0.326 e. The Morgan fingerprint density at radius 1 is 1.38 bits per heavy atom. The van der Waals surface area contributed by atoms with E-state index in [0.29, 0.717) is 24.4 Å². The van der Waals surface area contributed by atoms with E-state index in [9.17, 15) is 8.42 Å². The first kappa shape index (κ1) is 17.7. The van der Waals surface area contributed by atoms with Crippen LogP contribution in [0, 0.1) is 0 Å². The standard InChI is InChI=1S/C17H23N3O2S2/c1-2-3-9-23-15-11-19-10-13-5-4-6-16(17(13)15)24(21,22)20-8-7-14(18)12-20/h4-6,10-11,14H,2-3,7-9,12,18H2,1H3. The van der Waals surface area contributed by atoms with Crippen LogP contribution in [0.25, 0.3) is 10.8 Å². The van der Waals surface area contributed by atoms with Crippen LogP contribution < -0.4 is 5.73 Å². The van der Waals surface area contributed by atoms with Crippen molar-refractivity contribution < 1.29 is 8.42 Å². The number of aromatic nitrogens is 1. The van der Waals surface area contributed by atoms with E-state index in [4.69, 9.17) is 5.73 Å². The van der Waals surface area contributed by atoms with Crippen molar-refractivity contribution in [3.63, 3.8) is 0 Å². The summed E-state index contributed by atoms with van der Waals surface area (Å²) in [5.74, 6) is 0.959. The molecule has 0 amide bonds. The summed E-state index contributed by atoms with van der Waals surface area (Å²) in [4.78, 5) is 5.58. The average molecular weight is 366 g/mol. The fourth-order valence-electron chi connectivity index (χ4n) is 2.93. The maximum absolute atomic E-state index is 13.1. The van der Waals surface area contributed by atoms with E-state index in [-0.39, 0.29) is 6.04 Å². The summed E-state index contributed by atoms with van der Waals surface area (Å²) in [5, 5.41) is 1.65. The summed E-state index contributed by atoms with van der Waals surface area (Å²) in [6.45, 7) is 3.03. The van der Waals surface area contributed by atoms with E-state index < -0.39 is 10.0 Å². The Hall–Kier alpha value is -1.15. The lowest BCUT2D eigenvalue weighted by molar-refractivity contribution is 0.473. The Morgan fingerprint density at radius 2 is 2.21 bits per heavy atom. The van der Waals surface area contributed by atoms with Gasteiger partial charge in [0.05, 0.1) is 4.90 Å². The summed E-state index contributed by atoms with van der Waals surface area (Å²) in [6, 6.07) is 5.33. The van der Waals surface area contributed by atoms with Crippen molar-refractivity contribution in [3.05, 3.63) is 30.6 Å². The molecule has 2 N–H and O–H groups in total. The number of nitrogens with two attached hydrogens (primary N) is 1. The van der Waals surface area contributed by atoms with E-state index in [1.165, 1.54) is 4.31 Å². The third kappa shape index (κ3) is 3.44. The zero-order chi connectivity index (χ0) is 17.2. The molecule has 130 valence electrons. The van der Waals surface area contributed by atoms with Crippen LogP contribution in [0.4, 0.5) is 0 Å². The molecule has 24 heavy (non-hydrogen) atoms. The number of unbranched alkanes of at least 4 members (excludes halogenated alkanes) is 1. The van der Waals surface area contributed by atoms with Gasteiger partial charge in [0, 0.05) is 47.2 Å². The number of nitrogens with zero attached hydrogens (tertiary/aromatic N) is 2. The predicted octanol–water partition coefficient (Wildman–Crippen LogP) is 2.85. The molecule has 1 aliphatic rings. The van der Waals surface area contributed by atoms with Gasteiger partial charge in [-0.2, -0.15) is 4.31 Å². The van der Waals surface area contributed by atoms with Crippen molar-refractivity contribution in [2.24, 2.45) is 5.73 Å². The van der Waals surface area contributed by atoms with Gasteiger partial charge in [-0.1, -0.05) is 25.5 Å². The maximum atomic E-state index is 13.1. The Balaban J connectivity index is 2.07. The molecule has 5 nitrogen and oxygen atoms in total. The first-order valence-electron chi connectivity index (χ1n) is 8.29. The summed E-state index contributed by atoms with van der Waals surface area (Å²) >= 11 is 1.68. The molecule has 1 atom stereocenters. The van der Waals surface area contributed by atoms with Gasteiger partial charge in [-0.3, -0.25) is 4.98 Å². The average Bonchev–Trinajstić information content (AvgIpc) is 3.02. The minimum absolute atomic E-state index is 0.0742. The molecule has 0 saturated carbocycles. The van der Waals surface area contributed by atoms with Crippen molar-refractivity contribution in [3.8, 4) is 0 Å². The lowest BCUT2D eigenvalue weighted by Crippen LogP contribution is -2.32. The molecule has 1 aliphatic heterocycles. The molecule has 1 aromatic carbocycles. The van der Waals surface area contributed by atoms with Crippen molar-refractivity contribution in [1.29, 1.82) is 0 Å². The highest BCUT2D eigenvalue weighted by Gasteiger charge is 2.32. The normalized spacial score (nSPS) is 19.2. The highest BCUT2D eigenvalue weighted by molar-refractivity contribution is 7.99. The Kier molecular flexibility index (Phi) is 5.44. The number of rotatable bonds is 6. The van der Waals surface area contributed by atoms with Crippen LogP contribution in [-0.4, -0.2) is 42.6 Å². The molecular weight excluding hydrogens is 342 g/mol. The third-order valence-electron chi connectivity index (χ3n) is 4.27. The molecule has 1 fully saturated rings. The van der Waals surface area contributed by atoms with E-state index in [1.807, 2.05) is 6.07 Å². The fourth-order valence-corrected chi connectivity index (χ4v) is 5.90. The second-order valence-corrected chi connectivity index (χ2v) is 9.15. The number of benzene rings is 1. The fraction of sp³-hybridized carbons (Fsp3) is 0.471. The topological polar surface area (TPSA) is 76.3 Å². The third-order valence-corrected chi connectivity index (χ3v) is 7.29. The van der Waals surface area contributed by atoms with Crippen molar-refractivity contribution in [2.45, 2.75) is 42.0 Å². The Bertz CT molecular complexity index is 818. The lowest BCUT2D eigenvalue weighted by atomic mass is 10.2. The van der Waals surface area contributed by atoms with Gasteiger partial charge >= 0.3 is 0 Å². The van der Waals surface area contributed by atoms with Gasteiger partial charge in [0.2, 0.25) is 10.0 Å². The van der Waals surface area contributed by atoms with Gasteiger partial charge in [-0.25, -0.2) is 8.42 Å². The molecule has 3 rings (SSSR count). The van der Waals surface area contributed by atoms with Crippen molar-refractivity contribution >= 4 is 32.6 Å². The van der Waals surface area contributed by atoms with E-state index in [2.05, 4.69) is 11.9 Å². The summed E-state index contributed by atoms with van der Waals surface area (Å²) in [5.41, 5.74) is 5.90. The minimum Gasteiger partial charge on any atom is -0.326 e. The van der Waals surface area contributed by atoms with Crippen molar-refractivity contribution in [2.75, 3.05) is 18.8 Å². The van der Waals surface area contributed by atoms with Crippen molar-refractivity contribution in [1.82, 2.24) is 9.29 Å². The molecule has 1 saturated heterocycles. The molecule has 1 aromatic heterocycles. The highest BCUT2D eigenvalue weighted by Crippen LogP contribution is 2.34. The first-order chi connectivity index (χ1) is 11.5. The number of hydrogen-bond acceptors (Lipinski definition) is 5. The van der Waals surface area contributed by atoms with Crippen LogP contribution in [0.3, 0.4) is 0 Å². The summed E-state index contributed by atoms with van der Waals surface area (Å²) in [6.07, 6.45) is 6.42. The molecule has 0 radical (unpaired) electrons. The number of thioether (sulfide) groups is 1. The van der Waals surface area contributed by atoms with Gasteiger partial charge < -0.3 is 5.73 Å². The molecule has 0 spiro atoms. The molecule has 7 heteroatoms. The number of sulfonamides is 1. The quantitative estimate of drug-likeness (QED) is 0.629. The molecule has 2 aromatic rings. The summed E-state index contributed by atoms with van der Waals surface area (Å²) in [7, 11) is -3.54. The van der Waals surface area contributed by atoms with Gasteiger partial charge in [-0.15, -0.1) is 11.8 Å². The second kappa shape index (κ2) is 7.39. The highest BCUT2D eigenvalue weighted by atomic mass is 32.2. The van der Waals surface area contributed by atoms with Gasteiger partial charge in [0.1, 0.15) is 0 Å². The van der Waals surface area contributed by atoms with Gasteiger partial charge in [0.25, 0.3) is 0 Å². The minimum atomic E-state index is -3.54. The van der Waals surface area contributed by atoms with Crippen LogP contribution in [-0.2, 0) is 10.0 Å². The number of hydrogen-bond donors (Lipinski definition) is 1. The first-order valence-corrected chi connectivity index (χ1v) is 10.7. The van der Waals surface area contributed by atoms with Crippen LogP contribution in [0.5, 0.6) is 0 Å². The molecule has 2 heterocycles. The van der Waals surface area contributed by atoms with Gasteiger partial charge in [-0.05, 0) is 24.7 Å². The number of fused-ring (bicyclic) bond motifs is 1. The Morgan fingerprint density at radius 3 is 2.92 bits per heavy atom. The number of pyridine rings is 1. The van der Waals surface area contributed by atoms with Crippen LogP contribution in [0.1, 0.15) is 26.2 Å². The lowest BCUT2D eigenvalue weighted by Gasteiger charge is -2.18. The molecular formula is C17H23N3O2S2. The van der Waals surface area contributed by atoms with Gasteiger partial charge in [0.15, 0.2) is 0 Å². The smallest absolute Gasteiger partial charge is 0.243 e. The summed E-state index contributed by atoms with van der Waals surface area (Å²) < 4.78 is 27.7. The Labute approximate surface area is 147 Å². The van der Waals surface area contributed by atoms with Crippen LogP contribution >= 0.6 is 11.8 Å². The molecule has 0 aliphatic carbocycles. The van der Waals surface area contributed by atoms with E-state index in [0.717, 1.165) is 34.3 Å². The second-order valence-electron chi connectivity index (χ2n) is 6.11. The predicted molar refractivity (Wildman–Crippen MR) is 98.7 cm³/mol. The zero-order valence-electron chi connectivity index (χ0n) is 13.8. The molecule has 1 unspecified atom stereocenters. The van der Waals surface area contributed by atoms with Crippen LogP contribution in [0.2, 0.25) is 0 Å². The SMILES string of the molecule is CCCCSc1cncc2cccc(S(=O)(=O)N3CCC(N)C3)c12. The van der Waals surface area contributed by atoms with E-state index >= 15 is 0 Å². The van der Waals surface area contributed by atoms with Crippen LogP contribution in [0.15, 0.2) is 40.4 Å². The monoisotopic (exact) mass is 365 g/mol. The zero-order valence-corrected chi connectivity index (χ0v) is 15.4.